The van der Waals surface area contributed by atoms with Crippen molar-refractivity contribution in [3.8, 4) is 0 Å². The number of carbonyl (C=O) groups is 4. The van der Waals surface area contributed by atoms with E-state index >= 15 is 0 Å². The monoisotopic (exact) mass is 408 g/mol. The number of benzene rings is 1. The molecule has 1 fully saturated rings. The molecule has 28 heavy (non-hydrogen) atoms. The van der Waals surface area contributed by atoms with Crippen LogP contribution in [0.2, 0.25) is 0 Å². The van der Waals surface area contributed by atoms with Crippen LogP contribution in [-0.4, -0.2) is 46.3 Å². The summed E-state index contributed by atoms with van der Waals surface area (Å²) in [5.41, 5.74) is 0.318. The minimum atomic E-state index is -1.08. The molecule has 1 saturated heterocycles. The number of ether oxygens (including phenoxy) is 1. The van der Waals surface area contributed by atoms with Crippen LogP contribution in [0.15, 0.2) is 30.3 Å². The summed E-state index contributed by atoms with van der Waals surface area (Å²) in [4.78, 5) is 52.8. The van der Waals surface area contributed by atoms with Gasteiger partial charge >= 0.3 is 12.1 Å². The van der Waals surface area contributed by atoms with Crippen LogP contribution in [-0.2, 0) is 29.7 Å². The third-order valence-electron chi connectivity index (χ3n) is 3.56. The van der Waals surface area contributed by atoms with Gasteiger partial charge in [0.05, 0.1) is 0 Å². The second-order valence-electron chi connectivity index (χ2n) is 7.19. The van der Waals surface area contributed by atoms with Gasteiger partial charge in [0.25, 0.3) is 11.8 Å². The van der Waals surface area contributed by atoms with Gasteiger partial charge in [-0.1, -0.05) is 30.3 Å². The molecule has 1 aromatic carbocycles. The molecule has 0 aliphatic carbocycles. The van der Waals surface area contributed by atoms with Gasteiger partial charge in [0.15, 0.2) is 0 Å². The van der Waals surface area contributed by atoms with Gasteiger partial charge in [-0.15, -0.1) is 5.06 Å². The highest BCUT2D eigenvalue weighted by atomic mass is 32.2. The van der Waals surface area contributed by atoms with E-state index in [9.17, 15) is 19.2 Å². The van der Waals surface area contributed by atoms with Crippen LogP contribution in [0.1, 0.15) is 39.2 Å². The summed E-state index contributed by atoms with van der Waals surface area (Å²) in [5.74, 6) is -1.25. The van der Waals surface area contributed by atoms with E-state index in [1.807, 2.05) is 30.3 Å². The van der Waals surface area contributed by atoms with Crippen LogP contribution < -0.4 is 5.32 Å². The highest BCUT2D eigenvalue weighted by Gasteiger charge is 2.35. The van der Waals surface area contributed by atoms with Gasteiger partial charge < -0.3 is 14.9 Å². The number of hydroxylamine groups is 2. The Hall–Kier alpha value is -2.55. The molecule has 3 amide bonds. The van der Waals surface area contributed by atoms with Gasteiger partial charge in [-0.05, 0) is 26.3 Å². The number of imide groups is 1. The Morgan fingerprint density at radius 2 is 1.75 bits per heavy atom. The molecule has 8 nitrogen and oxygen atoms in total. The quantitative estimate of drug-likeness (QED) is 0.691. The molecule has 0 spiro atoms. The summed E-state index contributed by atoms with van der Waals surface area (Å²) in [6.07, 6.45) is -0.785. The number of hydrogen-bond acceptors (Lipinski definition) is 7. The van der Waals surface area contributed by atoms with Gasteiger partial charge in [0.1, 0.15) is 11.6 Å². The lowest BCUT2D eigenvalue weighted by atomic mass is 10.2. The largest absolute Gasteiger partial charge is 0.444 e. The van der Waals surface area contributed by atoms with E-state index in [2.05, 4.69) is 5.32 Å². The summed E-state index contributed by atoms with van der Waals surface area (Å²) >= 11 is 1.40. The first-order valence-electron chi connectivity index (χ1n) is 8.84. The Labute approximate surface area is 167 Å². The molecule has 1 N–H and O–H groups in total. The Morgan fingerprint density at radius 1 is 1.14 bits per heavy atom. The van der Waals surface area contributed by atoms with Crippen molar-refractivity contribution >= 4 is 35.6 Å². The molecule has 0 bridgehead atoms. The summed E-state index contributed by atoms with van der Waals surface area (Å²) in [5, 5.41) is 2.92. The molecule has 1 aromatic rings. The van der Waals surface area contributed by atoms with Crippen molar-refractivity contribution < 1.29 is 28.8 Å². The zero-order valence-electron chi connectivity index (χ0n) is 16.1. The Morgan fingerprint density at radius 3 is 2.32 bits per heavy atom. The van der Waals surface area contributed by atoms with Gasteiger partial charge in [-0.3, -0.25) is 9.59 Å². The topological polar surface area (TPSA) is 102 Å². The van der Waals surface area contributed by atoms with Crippen LogP contribution >= 0.6 is 11.8 Å². The molecule has 9 heteroatoms. The smallest absolute Gasteiger partial charge is 0.408 e. The minimum absolute atomic E-state index is 0.000961. The van der Waals surface area contributed by atoms with Gasteiger partial charge in [0, 0.05) is 24.3 Å². The molecule has 0 aromatic heterocycles. The molecular weight excluding hydrogens is 384 g/mol. The maximum Gasteiger partial charge on any atom is 0.408 e. The van der Waals surface area contributed by atoms with Crippen molar-refractivity contribution in [3.63, 3.8) is 0 Å². The molecule has 1 heterocycles. The third-order valence-corrected chi connectivity index (χ3v) is 4.67. The fourth-order valence-electron chi connectivity index (χ4n) is 2.30. The number of thioether (sulfide) groups is 1. The van der Waals surface area contributed by atoms with E-state index in [1.165, 1.54) is 11.8 Å². The van der Waals surface area contributed by atoms with E-state index in [4.69, 9.17) is 9.57 Å². The second kappa shape index (κ2) is 9.59. The van der Waals surface area contributed by atoms with Crippen LogP contribution in [0, 0.1) is 0 Å². The molecule has 2 rings (SSSR count). The molecule has 0 saturated carbocycles. The predicted octanol–water partition coefficient (Wildman–Crippen LogP) is 2.42. The molecule has 1 aliphatic heterocycles. The number of nitrogens with zero attached hydrogens (tertiary/aromatic N) is 1. The highest BCUT2D eigenvalue weighted by Crippen LogP contribution is 2.17. The van der Waals surface area contributed by atoms with Crippen LogP contribution in [0.25, 0.3) is 0 Å². The average Bonchev–Trinajstić information content (AvgIpc) is 2.92. The van der Waals surface area contributed by atoms with Crippen molar-refractivity contribution in [2.24, 2.45) is 0 Å². The maximum absolute atomic E-state index is 12.5. The number of hydrogen-bond donors (Lipinski definition) is 1. The lowest BCUT2D eigenvalue weighted by molar-refractivity contribution is -0.198. The molecule has 1 aliphatic rings. The Bertz CT molecular complexity index is 716. The minimum Gasteiger partial charge on any atom is -0.444 e. The fourth-order valence-corrected chi connectivity index (χ4v) is 3.30. The predicted molar refractivity (Wildman–Crippen MR) is 103 cm³/mol. The molecule has 1 unspecified atom stereocenters. The highest BCUT2D eigenvalue weighted by molar-refractivity contribution is 7.98. The maximum atomic E-state index is 12.5. The van der Waals surface area contributed by atoms with Crippen molar-refractivity contribution in [3.05, 3.63) is 35.9 Å². The van der Waals surface area contributed by atoms with Gasteiger partial charge in [-0.25, -0.2) is 9.59 Å². The van der Waals surface area contributed by atoms with E-state index in [-0.39, 0.29) is 18.6 Å². The van der Waals surface area contributed by atoms with Crippen molar-refractivity contribution in [2.45, 2.75) is 51.0 Å². The Balaban J connectivity index is 1.99. The molecular formula is C19H24N2O6S. The average molecular weight is 408 g/mol. The van der Waals surface area contributed by atoms with E-state index < -0.39 is 35.5 Å². The fraction of sp³-hybridized carbons (Fsp3) is 0.474. The number of carbonyl (C=O) groups excluding carboxylic acids is 4. The van der Waals surface area contributed by atoms with Crippen LogP contribution in [0.5, 0.6) is 0 Å². The lowest BCUT2D eigenvalue weighted by Gasteiger charge is -2.23. The molecule has 0 radical (unpaired) electrons. The van der Waals surface area contributed by atoms with Gasteiger partial charge in [0.2, 0.25) is 0 Å². The zero-order valence-corrected chi connectivity index (χ0v) is 16.9. The summed E-state index contributed by atoms with van der Waals surface area (Å²) < 4.78 is 5.18. The summed E-state index contributed by atoms with van der Waals surface area (Å²) in [6.45, 7) is 5.10. The molecule has 152 valence electrons. The number of rotatable bonds is 7. The number of amides is 3. The molecule has 1 atom stereocenters. The number of alkyl carbamates (subject to hydrolysis) is 1. The Kier molecular flexibility index (Phi) is 7.45. The van der Waals surface area contributed by atoms with E-state index in [1.54, 1.807) is 20.8 Å². The summed E-state index contributed by atoms with van der Waals surface area (Å²) in [7, 11) is 0. The standard InChI is InChI=1S/C19H24N2O6S/c1-19(2,3)26-18(25)20-14(12-28-11-13-7-5-4-6-8-13)17(24)27-21-15(22)9-10-16(21)23/h4-8,14H,9-12H2,1-3H3,(H,20,25). The lowest BCUT2D eigenvalue weighted by Crippen LogP contribution is -2.48. The normalized spacial score (nSPS) is 15.3. The van der Waals surface area contributed by atoms with Gasteiger partial charge in [-0.2, -0.15) is 11.8 Å². The first kappa shape index (κ1) is 21.7. The van der Waals surface area contributed by atoms with Crippen molar-refractivity contribution in [1.29, 1.82) is 0 Å². The second-order valence-corrected chi connectivity index (χ2v) is 8.22. The first-order chi connectivity index (χ1) is 13.2. The van der Waals surface area contributed by atoms with E-state index in [0.717, 1.165) is 5.56 Å². The third kappa shape index (κ3) is 6.88. The van der Waals surface area contributed by atoms with Crippen molar-refractivity contribution in [2.75, 3.05) is 5.75 Å². The zero-order chi connectivity index (χ0) is 20.7. The summed E-state index contributed by atoms with van der Waals surface area (Å²) in [6, 6.07) is 8.54. The number of nitrogens with one attached hydrogen (secondary N) is 1. The van der Waals surface area contributed by atoms with Crippen molar-refractivity contribution in [1.82, 2.24) is 10.4 Å². The van der Waals surface area contributed by atoms with Crippen LogP contribution in [0.4, 0.5) is 4.79 Å². The van der Waals surface area contributed by atoms with Crippen LogP contribution in [0.3, 0.4) is 0 Å². The van der Waals surface area contributed by atoms with E-state index in [0.29, 0.717) is 10.8 Å². The SMILES string of the molecule is CC(C)(C)OC(=O)NC(CSCc1ccccc1)C(=O)ON1C(=O)CCC1=O. The first-order valence-corrected chi connectivity index (χ1v) is 10.00.